The molecule has 0 aliphatic rings. The van der Waals surface area contributed by atoms with Crippen LogP contribution in [-0.4, -0.2) is 23.1 Å². The highest BCUT2D eigenvalue weighted by molar-refractivity contribution is 5.90. The first-order valence-corrected chi connectivity index (χ1v) is 8.35. The number of anilines is 1. The molecule has 0 radical (unpaired) electrons. The molecule has 1 atom stereocenters. The van der Waals surface area contributed by atoms with Crippen molar-refractivity contribution in [3.05, 3.63) is 65.2 Å². The maximum Gasteiger partial charge on any atom is 0.319 e. The van der Waals surface area contributed by atoms with Gasteiger partial charge < -0.3 is 15.7 Å². The van der Waals surface area contributed by atoms with Crippen molar-refractivity contribution in [2.24, 2.45) is 0 Å². The summed E-state index contributed by atoms with van der Waals surface area (Å²) in [5.74, 6) is -0.866. The fourth-order valence-electron chi connectivity index (χ4n) is 2.65. The second-order valence-electron chi connectivity index (χ2n) is 6.16. The van der Waals surface area contributed by atoms with E-state index in [1.165, 1.54) is 0 Å². The average Bonchev–Trinajstić information content (AvgIpc) is 2.58. The molecule has 0 fully saturated rings. The third-order valence-corrected chi connectivity index (χ3v) is 4.22. The number of aliphatic carboxylic acids is 1. The lowest BCUT2D eigenvalue weighted by Gasteiger charge is -2.19. The fraction of sp³-hybridized carbons (Fsp3) is 0.300. The van der Waals surface area contributed by atoms with Crippen LogP contribution in [0.2, 0.25) is 0 Å². The van der Waals surface area contributed by atoms with Gasteiger partial charge in [-0.15, -0.1) is 0 Å². The van der Waals surface area contributed by atoms with Gasteiger partial charge in [0.1, 0.15) is 0 Å². The largest absolute Gasteiger partial charge is 0.481 e. The van der Waals surface area contributed by atoms with Crippen LogP contribution >= 0.6 is 0 Å². The molecule has 3 N–H and O–H groups in total. The van der Waals surface area contributed by atoms with E-state index in [9.17, 15) is 9.59 Å². The lowest BCUT2D eigenvalue weighted by Crippen LogP contribution is -2.39. The van der Waals surface area contributed by atoms with Gasteiger partial charge in [0, 0.05) is 18.2 Å². The van der Waals surface area contributed by atoms with Crippen molar-refractivity contribution >= 4 is 17.7 Å². The summed E-state index contributed by atoms with van der Waals surface area (Å²) in [6.07, 6.45) is 0.986. The SMILES string of the molecule is Cc1cccc(NC(=O)NC(CCC(=O)O)Cc2ccccc2)c1C. The monoisotopic (exact) mass is 340 g/mol. The van der Waals surface area contributed by atoms with Gasteiger partial charge in [-0.2, -0.15) is 0 Å². The molecule has 0 aliphatic carbocycles. The third-order valence-electron chi connectivity index (χ3n) is 4.22. The topological polar surface area (TPSA) is 78.4 Å². The van der Waals surface area contributed by atoms with Gasteiger partial charge in [-0.25, -0.2) is 4.79 Å². The van der Waals surface area contributed by atoms with Gasteiger partial charge in [-0.3, -0.25) is 4.79 Å². The zero-order valence-electron chi connectivity index (χ0n) is 14.6. The second-order valence-corrected chi connectivity index (χ2v) is 6.16. The second kappa shape index (κ2) is 8.87. The van der Waals surface area contributed by atoms with E-state index in [2.05, 4.69) is 10.6 Å². The smallest absolute Gasteiger partial charge is 0.319 e. The van der Waals surface area contributed by atoms with Crippen LogP contribution < -0.4 is 10.6 Å². The predicted molar refractivity (Wildman–Crippen MR) is 98.9 cm³/mol. The van der Waals surface area contributed by atoms with Gasteiger partial charge in [0.25, 0.3) is 0 Å². The summed E-state index contributed by atoms with van der Waals surface area (Å²) >= 11 is 0. The van der Waals surface area contributed by atoms with Crippen LogP contribution in [-0.2, 0) is 11.2 Å². The van der Waals surface area contributed by atoms with E-state index >= 15 is 0 Å². The van der Waals surface area contributed by atoms with Crippen LogP contribution in [0.1, 0.15) is 29.5 Å². The Morgan fingerprint density at radius 2 is 1.76 bits per heavy atom. The Labute approximate surface area is 148 Å². The van der Waals surface area contributed by atoms with Crippen molar-refractivity contribution in [3.8, 4) is 0 Å². The quantitative estimate of drug-likeness (QED) is 0.715. The molecule has 5 nitrogen and oxygen atoms in total. The predicted octanol–water partition coefficient (Wildman–Crippen LogP) is 3.90. The minimum atomic E-state index is -0.866. The van der Waals surface area contributed by atoms with Gasteiger partial charge in [-0.1, -0.05) is 42.5 Å². The van der Waals surface area contributed by atoms with E-state index in [0.717, 1.165) is 22.4 Å². The Kier molecular flexibility index (Phi) is 6.57. The zero-order chi connectivity index (χ0) is 18.2. The summed E-state index contributed by atoms with van der Waals surface area (Å²) < 4.78 is 0. The van der Waals surface area contributed by atoms with E-state index in [1.54, 1.807) is 0 Å². The molecule has 5 heteroatoms. The van der Waals surface area contributed by atoms with Crippen LogP contribution in [0.15, 0.2) is 48.5 Å². The van der Waals surface area contributed by atoms with Gasteiger partial charge in [-0.05, 0) is 49.4 Å². The number of carboxylic acid groups (broad SMARTS) is 1. The summed E-state index contributed by atoms with van der Waals surface area (Å²) in [6.45, 7) is 3.94. The standard InChI is InChI=1S/C20H24N2O3/c1-14-7-6-10-18(15(14)2)22-20(25)21-17(11-12-19(23)24)13-16-8-4-3-5-9-16/h3-10,17H,11-13H2,1-2H3,(H,23,24)(H2,21,22,25). The number of nitrogens with one attached hydrogen (secondary N) is 2. The first kappa shape index (κ1) is 18.5. The number of carboxylic acids is 1. The van der Waals surface area contributed by atoms with Crippen LogP contribution in [0.3, 0.4) is 0 Å². The van der Waals surface area contributed by atoms with Crippen LogP contribution in [0.5, 0.6) is 0 Å². The third kappa shape index (κ3) is 5.95. The molecule has 0 bridgehead atoms. The van der Waals surface area contributed by atoms with Crippen molar-refractivity contribution in [2.75, 3.05) is 5.32 Å². The summed E-state index contributed by atoms with van der Waals surface area (Å²) in [6, 6.07) is 14.9. The molecule has 0 aliphatic heterocycles. The lowest BCUT2D eigenvalue weighted by atomic mass is 10.0. The molecule has 0 saturated heterocycles. The van der Waals surface area contributed by atoms with Gasteiger partial charge >= 0.3 is 12.0 Å². The number of rotatable bonds is 7. The summed E-state index contributed by atoms with van der Waals surface area (Å²) in [5.41, 5.74) is 3.94. The van der Waals surface area contributed by atoms with E-state index in [1.807, 2.05) is 62.4 Å². The van der Waals surface area contributed by atoms with Crippen LogP contribution in [0, 0.1) is 13.8 Å². The molecule has 132 valence electrons. The molecule has 2 aromatic rings. The van der Waals surface area contributed by atoms with Crippen molar-refractivity contribution in [1.29, 1.82) is 0 Å². The van der Waals surface area contributed by atoms with Crippen molar-refractivity contribution in [3.63, 3.8) is 0 Å². The number of carbonyl (C=O) groups excluding carboxylic acids is 1. The highest BCUT2D eigenvalue weighted by Crippen LogP contribution is 2.18. The van der Waals surface area contributed by atoms with E-state index in [0.29, 0.717) is 12.8 Å². The first-order chi connectivity index (χ1) is 12.0. The molecule has 2 rings (SSSR count). The van der Waals surface area contributed by atoms with E-state index < -0.39 is 5.97 Å². The Morgan fingerprint density at radius 1 is 1.04 bits per heavy atom. The minimum absolute atomic E-state index is 0.0151. The Bertz CT molecular complexity index is 729. The summed E-state index contributed by atoms with van der Waals surface area (Å²) in [7, 11) is 0. The average molecular weight is 340 g/mol. The fourth-order valence-corrected chi connectivity index (χ4v) is 2.65. The van der Waals surface area contributed by atoms with Gasteiger partial charge in [0.2, 0.25) is 0 Å². The molecule has 2 aromatic carbocycles. The molecule has 2 amide bonds. The number of urea groups is 1. The van der Waals surface area contributed by atoms with Crippen molar-refractivity contribution < 1.29 is 14.7 Å². The molecule has 0 heterocycles. The number of hydrogen-bond donors (Lipinski definition) is 3. The number of hydrogen-bond acceptors (Lipinski definition) is 2. The van der Waals surface area contributed by atoms with E-state index in [4.69, 9.17) is 5.11 Å². The number of benzene rings is 2. The Balaban J connectivity index is 2.02. The highest BCUT2D eigenvalue weighted by Gasteiger charge is 2.15. The van der Waals surface area contributed by atoms with Crippen molar-refractivity contribution in [1.82, 2.24) is 5.32 Å². The molecule has 0 saturated carbocycles. The Morgan fingerprint density at radius 3 is 2.44 bits per heavy atom. The van der Waals surface area contributed by atoms with Crippen LogP contribution in [0.25, 0.3) is 0 Å². The van der Waals surface area contributed by atoms with Gasteiger partial charge in [0.15, 0.2) is 0 Å². The molecule has 25 heavy (non-hydrogen) atoms. The normalized spacial score (nSPS) is 11.6. The highest BCUT2D eigenvalue weighted by atomic mass is 16.4. The molecular weight excluding hydrogens is 316 g/mol. The molecule has 0 aromatic heterocycles. The van der Waals surface area contributed by atoms with Gasteiger partial charge in [0.05, 0.1) is 0 Å². The maximum atomic E-state index is 12.4. The number of carbonyl (C=O) groups is 2. The number of amides is 2. The lowest BCUT2D eigenvalue weighted by molar-refractivity contribution is -0.137. The zero-order valence-corrected chi connectivity index (χ0v) is 14.6. The summed E-state index contributed by atoms with van der Waals surface area (Å²) in [5, 5.41) is 14.7. The van der Waals surface area contributed by atoms with E-state index in [-0.39, 0.29) is 18.5 Å². The number of aryl methyl sites for hydroxylation is 1. The van der Waals surface area contributed by atoms with Crippen LogP contribution in [0.4, 0.5) is 10.5 Å². The molecule has 1 unspecified atom stereocenters. The molecular formula is C20H24N2O3. The summed E-state index contributed by atoms with van der Waals surface area (Å²) in [4.78, 5) is 23.2. The molecule has 0 spiro atoms. The maximum absolute atomic E-state index is 12.4. The first-order valence-electron chi connectivity index (χ1n) is 8.35. The Hall–Kier alpha value is -2.82. The van der Waals surface area contributed by atoms with Crippen molar-refractivity contribution in [2.45, 2.75) is 39.2 Å². The minimum Gasteiger partial charge on any atom is -0.481 e.